The van der Waals surface area contributed by atoms with Crippen molar-refractivity contribution < 1.29 is 5.11 Å². The van der Waals surface area contributed by atoms with Gasteiger partial charge in [-0.1, -0.05) is 138 Å². The van der Waals surface area contributed by atoms with Crippen molar-refractivity contribution in [2.45, 2.75) is 34.3 Å². The molecule has 0 aliphatic carbocycles. The van der Waals surface area contributed by atoms with Crippen LogP contribution in [0.15, 0.2) is 115 Å². The van der Waals surface area contributed by atoms with Gasteiger partial charge in [-0.15, -0.1) is 0 Å². The Kier molecular flexibility index (Phi) is 13.0. The molecule has 30 heavy (non-hydrogen) atoms. The second kappa shape index (κ2) is 15.7. The van der Waals surface area contributed by atoms with Crippen molar-refractivity contribution in [1.29, 1.82) is 0 Å². The van der Waals surface area contributed by atoms with E-state index in [2.05, 4.69) is 57.2 Å². The fraction of sp³-hybridized carbons (Fsp3) is 0.172. The number of hydrogen-bond donors (Lipinski definition) is 1. The van der Waals surface area contributed by atoms with Gasteiger partial charge in [0.25, 0.3) is 0 Å². The third kappa shape index (κ3) is 13.1. The Hall–Kier alpha value is -3.16. The van der Waals surface area contributed by atoms with E-state index in [4.69, 9.17) is 5.11 Å². The van der Waals surface area contributed by atoms with Crippen molar-refractivity contribution >= 4 is 0 Å². The summed E-state index contributed by atoms with van der Waals surface area (Å²) in [7, 11) is 0. The normalized spacial score (nSPS) is 8.97. The summed E-state index contributed by atoms with van der Waals surface area (Å²) in [6.07, 6.45) is 0. The molecule has 1 heteroatoms. The number of hydrogen-bond acceptors (Lipinski definition) is 1. The highest BCUT2D eigenvalue weighted by Crippen LogP contribution is 2.01. The molecule has 0 amide bonds. The summed E-state index contributed by atoms with van der Waals surface area (Å²) < 4.78 is 0. The van der Waals surface area contributed by atoms with Gasteiger partial charge >= 0.3 is 0 Å². The lowest BCUT2D eigenvalue weighted by atomic mass is 10.2. The van der Waals surface area contributed by atoms with Gasteiger partial charge in [-0.2, -0.15) is 0 Å². The molecule has 0 fully saturated rings. The van der Waals surface area contributed by atoms with Gasteiger partial charge in [0.1, 0.15) is 0 Å². The second-order valence-corrected chi connectivity index (χ2v) is 7.11. The van der Waals surface area contributed by atoms with Gasteiger partial charge in [-0.05, 0) is 33.3 Å². The van der Waals surface area contributed by atoms with Crippen LogP contribution in [0, 0.1) is 27.7 Å². The van der Waals surface area contributed by atoms with E-state index in [0.717, 1.165) is 5.56 Å². The SMILES string of the molecule is Cc1ccc(CO)cc1.Cc1ccccc1.Cc1ccccc1.Cc1ccccc1. The van der Waals surface area contributed by atoms with Crippen LogP contribution in [0.3, 0.4) is 0 Å². The summed E-state index contributed by atoms with van der Waals surface area (Å²) in [6.45, 7) is 8.42. The minimum absolute atomic E-state index is 0.139. The first-order valence-electron chi connectivity index (χ1n) is 10.2. The summed E-state index contributed by atoms with van der Waals surface area (Å²) in [4.78, 5) is 0. The van der Waals surface area contributed by atoms with E-state index < -0.39 is 0 Å². The standard InChI is InChI=1S/C8H10O.3C7H8/c1-7-2-4-8(6-9)5-3-7;3*1-7-5-3-2-4-6-7/h2-5,9H,6H2,1H3;3*2-6H,1H3. The third-order valence-electron chi connectivity index (χ3n) is 4.12. The molecule has 0 radical (unpaired) electrons. The van der Waals surface area contributed by atoms with Crippen LogP contribution in [0.4, 0.5) is 0 Å². The molecule has 0 unspecified atom stereocenters. The van der Waals surface area contributed by atoms with Crippen molar-refractivity contribution in [2.24, 2.45) is 0 Å². The second-order valence-electron chi connectivity index (χ2n) is 7.11. The third-order valence-corrected chi connectivity index (χ3v) is 4.12. The fourth-order valence-electron chi connectivity index (χ4n) is 2.30. The first-order chi connectivity index (χ1) is 14.5. The average molecular weight is 399 g/mol. The summed E-state index contributed by atoms with van der Waals surface area (Å²) in [5.74, 6) is 0. The molecule has 1 nitrogen and oxygen atoms in total. The average Bonchev–Trinajstić information content (AvgIpc) is 2.77. The molecule has 0 aliphatic rings. The van der Waals surface area contributed by atoms with Crippen LogP contribution < -0.4 is 0 Å². The molecule has 0 saturated heterocycles. The van der Waals surface area contributed by atoms with Crippen molar-refractivity contribution in [3.05, 3.63) is 143 Å². The van der Waals surface area contributed by atoms with Gasteiger partial charge in [0.05, 0.1) is 6.61 Å². The number of rotatable bonds is 1. The highest BCUT2D eigenvalue weighted by atomic mass is 16.3. The minimum atomic E-state index is 0.139. The first-order valence-corrected chi connectivity index (χ1v) is 10.2. The van der Waals surface area contributed by atoms with Crippen LogP contribution in [0.25, 0.3) is 0 Å². The van der Waals surface area contributed by atoms with E-state index in [-0.39, 0.29) is 6.61 Å². The molecular weight excluding hydrogens is 364 g/mol. The van der Waals surface area contributed by atoms with Crippen LogP contribution in [0.1, 0.15) is 27.8 Å². The summed E-state index contributed by atoms with van der Waals surface area (Å²) in [6, 6.07) is 38.6. The maximum absolute atomic E-state index is 8.63. The van der Waals surface area contributed by atoms with Gasteiger partial charge in [0, 0.05) is 0 Å². The Balaban J connectivity index is 0.000000201. The zero-order valence-electron chi connectivity index (χ0n) is 18.6. The van der Waals surface area contributed by atoms with Crippen LogP contribution in [-0.2, 0) is 6.61 Å². The maximum atomic E-state index is 8.63. The summed E-state index contributed by atoms with van der Waals surface area (Å²) >= 11 is 0. The molecule has 0 aromatic heterocycles. The van der Waals surface area contributed by atoms with Crippen molar-refractivity contribution in [3.8, 4) is 0 Å². The molecule has 0 atom stereocenters. The molecule has 0 spiro atoms. The Labute approximate surface area is 182 Å². The van der Waals surface area contributed by atoms with E-state index in [1.807, 2.05) is 85.8 Å². The van der Waals surface area contributed by atoms with Crippen molar-refractivity contribution in [2.75, 3.05) is 0 Å². The Morgan fingerprint density at radius 1 is 0.400 bits per heavy atom. The van der Waals surface area contributed by atoms with Crippen LogP contribution in [0.2, 0.25) is 0 Å². The minimum Gasteiger partial charge on any atom is -0.392 e. The summed E-state index contributed by atoms with van der Waals surface area (Å²) in [5.41, 5.74) is 6.17. The highest BCUT2D eigenvalue weighted by Gasteiger charge is 1.85. The number of aliphatic hydroxyl groups excluding tert-OH is 1. The molecule has 0 bridgehead atoms. The van der Waals surface area contributed by atoms with E-state index >= 15 is 0 Å². The molecule has 4 aromatic carbocycles. The fourth-order valence-corrected chi connectivity index (χ4v) is 2.30. The number of aryl methyl sites for hydroxylation is 4. The Morgan fingerprint density at radius 2 is 0.667 bits per heavy atom. The zero-order chi connectivity index (χ0) is 22.0. The van der Waals surface area contributed by atoms with Gasteiger partial charge in [0.2, 0.25) is 0 Å². The molecular formula is C29H34O. The molecule has 4 rings (SSSR count). The topological polar surface area (TPSA) is 20.2 Å². The monoisotopic (exact) mass is 398 g/mol. The van der Waals surface area contributed by atoms with Gasteiger partial charge in [-0.25, -0.2) is 0 Å². The Morgan fingerprint density at radius 3 is 0.867 bits per heavy atom. The molecule has 4 aromatic rings. The van der Waals surface area contributed by atoms with Gasteiger partial charge < -0.3 is 5.11 Å². The van der Waals surface area contributed by atoms with E-state index in [9.17, 15) is 0 Å². The lowest BCUT2D eigenvalue weighted by molar-refractivity contribution is 0.282. The molecule has 156 valence electrons. The highest BCUT2D eigenvalue weighted by molar-refractivity contribution is 5.20. The lowest BCUT2D eigenvalue weighted by Crippen LogP contribution is -1.80. The largest absolute Gasteiger partial charge is 0.392 e. The molecule has 1 N–H and O–H groups in total. The maximum Gasteiger partial charge on any atom is 0.0681 e. The quantitative estimate of drug-likeness (QED) is 0.352. The van der Waals surface area contributed by atoms with Crippen LogP contribution in [0.5, 0.6) is 0 Å². The zero-order valence-corrected chi connectivity index (χ0v) is 18.6. The predicted octanol–water partition coefficient (Wildman–Crippen LogP) is 7.47. The summed E-state index contributed by atoms with van der Waals surface area (Å²) in [5, 5.41) is 8.63. The van der Waals surface area contributed by atoms with Gasteiger partial charge in [-0.3, -0.25) is 0 Å². The van der Waals surface area contributed by atoms with Crippen molar-refractivity contribution in [1.82, 2.24) is 0 Å². The Bertz CT molecular complexity index is 794. The van der Waals surface area contributed by atoms with Gasteiger partial charge in [0.15, 0.2) is 0 Å². The predicted molar refractivity (Wildman–Crippen MR) is 131 cm³/mol. The van der Waals surface area contributed by atoms with Crippen LogP contribution >= 0.6 is 0 Å². The molecule has 0 saturated carbocycles. The number of benzene rings is 4. The smallest absolute Gasteiger partial charge is 0.0681 e. The molecule has 0 heterocycles. The van der Waals surface area contributed by atoms with Crippen molar-refractivity contribution in [3.63, 3.8) is 0 Å². The van der Waals surface area contributed by atoms with E-state index in [0.29, 0.717) is 0 Å². The first kappa shape index (κ1) is 24.9. The van der Waals surface area contributed by atoms with E-state index in [1.165, 1.54) is 22.3 Å². The lowest BCUT2D eigenvalue weighted by Gasteiger charge is -1.93. The number of aliphatic hydroxyl groups is 1. The molecule has 0 aliphatic heterocycles. The van der Waals surface area contributed by atoms with E-state index in [1.54, 1.807) is 0 Å². The van der Waals surface area contributed by atoms with Crippen LogP contribution in [-0.4, -0.2) is 5.11 Å².